The van der Waals surface area contributed by atoms with E-state index in [4.69, 9.17) is 16.3 Å². The molecule has 8 heteroatoms. The van der Waals surface area contributed by atoms with Crippen molar-refractivity contribution in [2.75, 3.05) is 6.61 Å². The van der Waals surface area contributed by atoms with E-state index in [1.54, 1.807) is 18.2 Å². The van der Waals surface area contributed by atoms with E-state index in [1.807, 2.05) is 12.2 Å². The molecule has 152 valence electrons. The highest BCUT2D eigenvalue weighted by molar-refractivity contribution is 6.30. The fourth-order valence-electron chi connectivity index (χ4n) is 3.80. The largest absolute Gasteiger partial charge is 0.488 e. The highest BCUT2D eigenvalue weighted by atomic mass is 35.5. The van der Waals surface area contributed by atoms with E-state index in [9.17, 15) is 18.0 Å². The van der Waals surface area contributed by atoms with Gasteiger partial charge in [0.1, 0.15) is 18.2 Å². The first-order valence-electron chi connectivity index (χ1n) is 9.25. The Hall–Kier alpha value is -3.06. The molecule has 2 aliphatic heterocycles. The second kappa shape index (κ2) is 6.74. The number of allylic oxidation sites excluding steroid dienone is 1. The van der Waals surface area contributed by atoms with E-state index < -0.39 is 11.7 Å². The second-order valence-electron chi connectivity index (χ2n) is 7.23. The van der Waals surface area contributed by atoms with Crippen molar-refractivity contribution in [3.8, 4) is 5.75 Å². The molecule has 30 heavy (non-hydrogen) atoms. The van der Waals surface area contributed by atoms with Crippen LogP contribution in [0.4, 0.5) is 13.2 Å². The van der Waals surface area contributed by atoms with Crippen LogP contribution in [-0.4, -0.2) is 16.2 Å². The average molecular weight is 431 g/mol. The van der Waals surface area contributed by atoms with Crippen molar-refractivity contribution >= 4 is 34.2 Å². The number of alkyl halides is 3. The lowest BCUT2D eigenvalue weighted by Crippen LogP contribution is -2.21. The number of nitrogens with zero attached hydrogens (tertiary/aromatic N) is 2. The number of rotatable bonds is 1. The zero-order valence-corrected chi connectivity index (χ0v) is 16.2. The van der Waals surface area contributed by atoms with Crippen molar-refractivity contribution in [2.24, 2.45) is 0 Å². The van der Waals surface area contributed by atoms with Gasteiger partial charge in [0.2, 0.25) is 0 Å². The Morgan fingerprint density at radius 2 is 2.00 bits per heavy atom. The van der Waals surface area contributed by atoms with Crippen LogP contribution in [0.1, 0.15) is 23.4 Å². The fraction of sp³-hybridized carbons (Fsp3) is 0.182. The van der Waals surface area contributed by atoms with Crippen LogP contribution in [0.15, 0.2) is 52.8 Å². The van der Waals surface area contributed by atoms with Crippen molar-refractivity contribution < 1.29 is 17.9 Å². The van der Waals surface area contributed by atoms with Crippen LogP contribution in [0.25, 0.3) is 22.6 Å². The fourth-order valence-corrected chi connectivity index (χ4v) is 3.98. The van der Waals surface area contributed by atoms with E-state index in [0.29, 0.717) is 30.4 Å². The quantitative estimate of drug-likeness (QED) is 0.524. The summed E-state index contributed by atoms with van der Waals surface area (Å²) in [6.45, 7) is 0.773. The van der Waals surface area contributed by atoms with Gasteiger partial charge in [0, 0.05) is 17.1 Å². The first-order chi connectivity index (χ1) is 14.3. The summed E-state index contributed by atoms with van der Waals surface area (Å²) >= 11 is 6.05. The Morgan fingerprint density at radius 1 is 1.17 bits per heavy atom. The molecule has 0 atom stereocenters. The number of benzene rings is 2. The summed E-state index contributed by atoms with van der Waals surface area (Å²) < 4.78 is 46.5. The van der Waals surface area contributed by atoms with Crippen molar-refractivity contribution in [1.29, 1.82) is 0 Å². The second-order valence-corrected chi connectivity index (χ2v) is 7.67. The standard InChI is InChI=1S/C22H14ClF3N2O2/c23-16-2-4-19-14(9-16)8-12(11-30-19)7-13-5-6-28-20(13)27-18-10-15(22(24,25)26)1-3-17(18)21(28)29/h1-4,7-10H,5-6,11H2/b13-7-. The Kier molecular flexibility index (Phi) is 4.25. The van der Waals surface area contributed by atoms with Crippen molar-refractivity contribution in [1.82, 2.24) is 9.55 Å². The predicted octanol–water partition coefficient (Wildman–Crippen LogP) is 5.33. The monoisotopic (exact) mass is 430 g/mol. The van der Waals surface area contributed by atoms with Crippen LogP contribution in [0.5, 0.6) is 5.75 Å². The van der Waals surface area contributed by atoms with E-state index in [2.05, 4.69) is 4.98 Å². The number of hydrogen-bond acceptors (Lipinski definition) is 3. The van der Waals surface area contributed by atoms with Crippen molar-refractivity contribution in [3.05, 3.63) is 80.4 Å². The van der Waals surface area contributed by atoms with Crippen LogP contribution in [0, 0.1) is 0 Å². The smallest absolute Gasteiger partial charge is 0.416 e. The van der Waals surface area contributed by atoms with Crippen LogP contribution in [-0.2, 0) is 12.7 Å². The summed E-state index contributed by atoms with van der Waals surface area (Å²) in [5, 5.41) is 0.769. The van der Waals surface area contributed by atoms with E-state index in [-0.39, 0.29) is 16.5 Å². The molecule has 3 heterocycles. The van der Waals surface area contributed by atoms with Gasteiger partial charge in [-0.3, -0.25) is 9.36 Å². The first kappa shape index (κ1) is 18.9. The molecule has 0 unspecified atom stereocenters. The molecule has 2 aromatic carbocycles. The number of hydrogen-bond donors (Lipinski definition) is 0. The summed E-state index contributed by atoms with van der Waals surface area (Å²) in [7, 11) is 0. The molecule has 0 N–H and O–H groups in total. The number of fused-ring (bicyclic) bond motifs is 3. The lowest BCUT2D eigenvalue weighted by molar-refractivity contribution is -0.137. The summed E-state index contributed by atoms with van der Waals surface area (Å²) in [5.41, 5.74) is 1.38. The molecule has 0 fully saturated rings. The van der Waals surface area contributed by atoms with Gasteiger partial charge >= 0.3 is 6.18 Å². The third-order valence-corrected chi connectivity index (χ3v) is 5.48. The molecular weight excluding hydrogens is 417 g/mol. The predicted molar refractivity (Wildman–Crippen MR) is 109 cm³/mol. The topological polar surface area (TPSA) is 44.1 Å². The summed E-state index contributed by atoms with van der Waals surface area (Å²) in [6, 6.07) is 8.38. The van der Waals surface area contributed by atoms with E-state index in [0.717, 1.165) is 34.6 Å². The molecule has 4 nitrogen and oxygen atoms in total. The maximum Gasteiger partial charge on any atom is 0.416 e. The molecule has 0 saturated heterocycles. The maximum atomic E-state index is 13.1. The zero-order chi connectivity index (χ0) is 21.0. The molecule has 0 amide bonds. The molecule has 1 aromatic heterocycles. The van der Waals surface area contributed by atoms with E-state index >= 15 is 0 Å². The Labute approximate surface area is 173 Å². The lowest BCUT2D eigenvalue weighted by Gasteiger charge is -2.16. The number of halogens is 4. The SMILES string of the molecule is O=c1c2ccc(C(F)(F)F)cc2nc2n1CC/C2=C/C1=Cc2cc(Cl)ccc2OC1. The lowest BCUT2D eigenvalue weighted by atomic mass is 10.0. The van der Waals surface area contributed by atoms with Gasteiger partial charge in [0.15, 0.2) is 0 Å². The van der Waals surface area contributed by atoms with Gasteiger partial charge < -0.3 is 4.74 Å². The Bertz CT molecular complexity index is 1320. The number of ether oxygens (including phenoxy) is 1. The normalized spacial score (nSPS) is 16.9. The van der Waals surface area contributed by atoms with Gasteiger partial charge in [-0.15, -0.1) is 0 Å². The molecule has 5 rings (SSSR count). The van der Waals surface area contributed by atoms with Crippen LogP contribution in [0.2, 0.25) is 5.02 Å². The van der Waals surface area contributed by atoms with Gasteiger partial charge in [-0.2, -0.15) is 13.2 Å². The van der Waals surface area contributed by atoms with E-state index in [1.165, 1.54) is 10.6 Å². The zero-order valence-electron chi connectivity index (χ0n) is 15.5. The van der Waals surface area contributed by atoms with Gasteiger partial charge in [0.05, 0.1) is 16.5 Å². The summed E-state index contributed by atoms with van der Waals surface area (Å²) in [4.78, 5) is 17.2. The van der Waals surface area contributed by atoms with Crippen LogP contribution < -0.4 is 10.3 Å². The van der Waals surface area contributed by atoms with Gasteiger partial charge in [-0.25, -0.2) is 4.98 Å². The maximum absolute atomic E-state index is 13.1. The summed E-state index contributed by atoms with van der Waals surface area (Å²) in [6.07, 6.45) is -0.108. The number of aromatic nitrogens is 2. The molecular formula is C22H14ClF3N2O2. The highest BCUT2D eigenvalue weighted by Crippen LogP contribution is 2.34. The Morgan fingerprint density at radius 3 is 2.80 bits per heavy atom. The third-order valence-electron chi connectivity index (χ3n) is 5.24. The minimum atomic E-state index is -4.50. The highest BCUT2D eigenvalue weighted by Gasteiger charge is 2.31. The molecule has 0 saturated carbocycles. The molecule has 0 spiro atoms. The molecule has 3 aromatic rings. The van der Waals surface area contributed by atoms with Crippen LogP contribution in [0.3, 0.4) is 0 Å². The Balaban J connectivity index is 1.60. The van der Waals surface area contributed by atoms with Crippen LogP contribution >= 0.6 is 11.6 Å². The first-order valence-corrected chi connectivity index (χ1v) is 9.63. The molecule has 0 aliphatic carbocycles. The molecule has 0 bridgehead atoms. The van der Waals surface area contributed by atoms with Gasteiger partial charge in [0.25, 0.3) is 5.56 Å². The third kappa shape index (κ3) is 3.19. The van der Waals surface area contributed by atoms with Crippen molar-refractivity contribution in [2.45, 2.75) is 19.1 Å². The van der Waals surface area contributed by atoms with Crippen molar-refractivity contribution in [3.63, 3.8) is 0 Å². The molecule has 2 aliphatic rings. The van der Waals surface area contributed by atoms with Gasteiger partial charge in [-0.1, -0.05) is 11.6 Å². The minimum absolute atomic E-state index is 0.0416. The summed E-state index contributed by atoms with van der Waals surface area (Å²) in [5.74, 6) is 1.12. The minimum Gasteiger partial charge on any atom is -0.488 e. The van der Waals surface area contributed by atoms with Gasteiger partial charge in [-0.05, 0) is 66.1 Å². The molecule has 0 radical (unpaired) electrons. The average Bonchev–Trinajstić information content (AvgIpc) is 3.09.